The smallest absolute Gasteiger partial charge is 0.329 e. The van der Waals surface area contributed by atoms with Crippen LogP contribution >= 0.6 is 0 Å². The number of aryl methyl sites for hydroxylation is 3. The second kappa shape index (κ2) is 8.60. The number of amides is 2. The van der Waals surface area contributed by atoms with E-state index in [1.165, 1.54) is 17.4 Å². The molecule has 2 N–H and O–H groups in total. The molecule has 150 valence electrons. The molecule has 2 aromatic heterocycles. The zero-order valence-electron chi connectivity index (χ0n) is 16.9. The molecule has 2 heterocycles. The van der Waals surface area contributed by atoms with Crippen molar-refractivity contribution in [3.05, 3.63) is 76.5 Å². The minimum Gasteiger partial charge on any atom is -0.467 e. The Morgan fingerprint density at radius 3 is 2.59 bits per heavy atom. The van der Waals surface area contributed by atoms with E-state index in [1.54, 1.807) is 18.3 Å². The Labute approximate surface area is 169 Å². The number of aromatic nitrogens is 1. The van der Waals surface area contributed by atoms with Crippen LogP contribution in [0.5, 0.6) is 0 Å². The van der Waals surface area contributed by atoms with E-state index in [2.05, 4.69) is 52.5 Å². The lowest BCUT2D eigenvalue weighted by atomic mass is 10.1. The monoisotopic (exact) mass is 392 g/mol. The molecule has 3 aromatic rings. The van der Waals surface area contributed by atoms with Crippen LogP contribution in [0.1, 0.15) is 33.8 Å². The maximum absolute atomic E-state index is 11.9. The van der Waals surface area contributed by atoms with E-state index < -0.39 is 11.8 Å². The highest BCUT2D eigenvalue weighted by atomic mass is 16.3. The molecule has 0 fully saturated rings. The van der Waals surface area contributed by atoms with Crippen LogP contribution < -0.4 is 10.7 Å². The number of hydrogen-bond donors (Lipinski definition) is 2. The van der Waals surface area contributed by atoms with Gasteiger partial charge in [-0.2, -0.15) is 5.10 Å². The minimum atomic E-state index is -0.837. The zero-order chi connectivity index (χ0) is 21.0. The number of hydrazone groups is 1. The average molecular weight is 392 g/mol. The Kier molecular flexibility index (Phi) is 5.97. The summed E-state index contributed by atoms with van der Waals surface area (Å²) in [5.41, 5.74) is 8.66. The van der Waals surface area contributed by atoms with Crippen LogP contribution in [-0.4, -0.2) is 22.6 Å². The molecule has 7 heteroatoms. The molecule has 0 spiro atoms. The Hall–Kier alpha value is -3.61. The van der Waals surface area contributed by atoms with Crippen molar-refractivity contribution >= 4 is 18.0 Å². The molecule has 0 radical (unpaired) electrons. The van der Waals surface area contributed by atoms with Crippen molar-refractivity contribution in [1.82, 2.24) is 15.3 Å². The summed E-state index contributed by atoms with van der Waals surface area (Å²) >= 11 is 0. The summed E-state index contributed by atoms with van der Waals surface area (Å²) in [5, 5.41) is 6.40. The average Bonchev–Trinajstić information content (AvgIpc) is 3.29. The molecule has 1 aromatic carbocycles. The van der Waals surface area contributed by atoms with Gasteiger partial charge in [-0.25, -0.2) is 5.43 Å². The van der Waals surface area contributed by atoms with E-state index in [0.29, 0.717) is 5.76 Å². The lowest BCUT2D eigenvalue weighted by Gasteiger charge is -2.13. The minimum absolute atomic E-state index is 0.139. The van der Waals surface area contributed by atoms with Gasteiger partial charge in [0.05, 0.1) is 19.0 Å². The topological polar surface area (TPSA) is 88.6 Å². The third kappa shape index (κ3) is 4.63. The van der Waals surface area contributed by atoms with Crippen LogP contribution in [0.25, 0.3) is 5.69 Å². The molecule has 2 amide bonds. The highest BCUT2D eigenvalue weighted by Crippen LogP contribution is 2.23. The number of benzene rings is 1. The first kappa shape index (κ1) is 20.1. The lowest BCUT2D eigenvalue weighted by Crippen LogP contribution is -2.37. The van der Waals surface area contributed by atoms with Crippen molar-refractivity contribution < 1.29 is 14.0 Å². The normalized spacial score (nSPS) is 11.0. The summed E-state index contributed by atoms with van der Waals surface area (Å²) in [5.74, 6) is -1.05. The van der Waals surface area contributed by atoms with E-state index in [-0.39, 0.29) is 6.54 Å². The van der Waals surface area contributed by atoms with Crippen molar-refractivity contribution in [2.24, 2.45) is 5.10 Å². The molecule has 0 bridgehead atoms. The number of furan rings is 1. The molecule has 0 atom stereocenters. The second-order valence-corrected chi connectivity index (χ2v) is 6.91. The molecule has 0 unspecified atom stereocenters. The molecule has 0 saturated heterocycles. The standard InChI is InChI=1S/C22H24N4O3/c1-14-7-8-20(15(2)10-14)26-16(3)11-18(17(26)4)12-24-25-22(28)21(27)23-13-19-6-5-9-29-19/h5-12H,13H2,1-4H3,(H,23,27)(H,25,28)/b24-12-. The Morgan fingerprint density at radius 2 is 1.90 bits per heavy atom. The number of nitrogens with one attached hydrogen (secondary N) is 2. The third-order valence-corrected chi connectivity index (χ3v) is 4.64. The SMILES string of the molecule is Cc1ccc(-n2c(C)cc(/C=N\NC(=O)C(=O)NCc3ccco3)c2C)c(C)c1. The van der Waals surface area contributed by atoms with Gasteiger partial charge in [-0.1, -0.05) is 17.7 Å². The molecule has 0 saturated carbocycles. The summed E-state index contributed by atoms with van der Waals surface area (Å²) < 4.78 is 7.25. The van der Waals surface area contributed by atoms with Crippen molar-refractivity contribution in [2.75, 3.05) is 0 Å². The molecular weight excluding hydrogens is 368 g/mol. The molecule has 29 heavy (non-hydrogen) atoms. The maximum atomic E-state index is 11.9. The largest absolute Gasteiger partial charge is 0.467 e. The fraction of sp³-hybridized carbons (Fsp3) is 0.227. The van der Waals surface area contributed by atoms with Crippen molar-refractivity contribution in [3.8, 4) is 5.69 Å². The first-order valence-electron chi connectivity index (χ1n) is 9.27. The van der Waals surface area contributed by atoms with Gasteiger partial charge < -0.3 is 14.3 Å². The zero-order valence-corrected chi connectivity index (χ0v) is 16.9. The van der Waals surface area contributed by atoms with Gasteiger partial charge in [0.1, 0.15) is 5.76 Å². The van der Waals surface area contributed by atoms with Gasteiger partial charge >= 0.3 is 11.8 Å². The Morgan fingerprint density at radius 1 is 1.10 bits per heavy atom. The highest BCUT2D eigenvalue weighted by Gasteiger charge is 2.14. The maximum Gasteiger partial charge on any atom is 0.329 e. The summed E-state index contributed by atoms with van der Waals surface area (Å²) in [7, 11) is 0. The highest BCUT2D eigenvalue weighted by molar-refractivity contribution is 6.35. The van der Waals surface area contributed by atoms with E-state index in [4.69, 9.17) is 4.42 Å². The van der Waals surface area contributed by atoms with Gasteiger partial charge in [0.2, 0.25) is 0 Å². The Bertz CT molecular complexity index is 1060. The molecule has 0 aliphatic carbocycles. The van der Waals surface area contributed by atoms with Gasteiger partial charge in [-0.15, -0.1) is 0 Å². The quantitative estimate of drug-likeness (QED) is 0.397. The fourth-order valence-corrected chi connectivity index (χ4v) is 3.22. The van der Waals surface area contributed by atoms with Gasteiger partial charge in [-0.05, 0) is 57.5 Å². The summed E-state index contributed by atoms with van der Waals surface area (Å²) in [6.45, 7) is 8.30. The molecular formula is C22H24N4O3. The first-order valence-corrected chi connectivity index (χ1v) is 9.27. The molecule has 0 aliphatic heterocycles. The fourth-order valence-electron chi connectivity index (χ4n) is 3.22. The number of carbonyl (C=O) groups excluding carboxylic acids is 2. The van der Waals surface area contributed by atoms with E-state index in [1.807, 2.05) is 19.9 Å². The number of nitrogens with zero attached hydrogens (tertiary/aromatic N) is 2. The van der Waals surface area contributed by atoms with E-state index in [0.717, 1.165) is 22.6 Å². The predicted molar refractivity (Wildman–Crippen MR) is 111 cm³/mol. The summed E-state index contributed by atoms with van der Waals surface area (Å²) in [6.07, 6.45) is 3.04. The third-order valence-electron chi connectivity index (χ3n) is 4.64. The van der Waals surface area contributed by atoms with Crippen molar-refractivity contribution in [2.45, 2.75) is 34.2 Å². The second-order valence-electron chi connectivity index (χ2n) is 6.91. The molecule has 7 nitrogen and oxygen atoms in total. The van der Waals surface area contributed by atoms with Crippen LogP contribution in [0.4, 0.5) is 0 Å². The van der Waals surface area contributed by atoms with Crippen LogP contribution in [0, 0.1) is 27.7 Å². The molecule has 0 aliphatic rings. The van der Waals surface area contributed by atoms with E-state index >= 15 is 0 Å². The first-order chi connectivity index (χ1) is 13.9. The predicted octanol–water partition coefficient (Wildman–Crippen LogP) is 3.07. The van der Waals surface area contributed by atoms with E-state index in [9.17, 15) is 9.59 Å². The van der Waals surface area contributed by atoms with Crippen LogP contribution in [0.3, 0.4) is 0 Å². The van der Waals surface area contributed by atoms with Crippen LogP contribution in [0.2, 0.25) is 0 Å². The molecule has 3 rings (SSSR count). The van der Waals surface area contributed by atoms with Gasteiger partial charge in [0.25, 0.3) is 0 Å². The summed E-state index contributed by atoms with van der Waals surface area (Å²) in [6, 6.07) is 11.7. The van der Waals surface area contributed by atoms with Gasteiger partial charge in [-0.3, -0.25) is 9.59 Å². The summed E-state index contributed by atoms with van der Waals surface area (Å²) in [4.78, 5) is 23.7. The number of rotatable bonds is 5. The number of hydrogen-bond acceptors (Lipinski definition) is 4. The van der Waals surface area contributed by atoms with Gasteiger partial charge in [0.15, 0.2) is 0 Å². The van der Waals surface area contributed by atoms with Crippen LogP contribution in [0.15, 0.2) is 52.2 Å². The van der Waals surface area contributed by atoms with Crippen LogP contribution in [-0.2, 0) is 16.1 Å². The number of carbonyl (C=O) groups is 2. The van der Waals surface area contributed by atoms with Gasteiger partial charge in [0, 0.05) is 22.6 Å². The lowest BCUT2D eigenvalue weighted by molar-refractivity contribution is -0.139. The van der Waals surface area contributed by atoms with Crippen molar-refractivity contribution in [1.29, 1.82) is 0 Å². The van der Waals surface area contributed by atoms with Crippen molar-refractivity contribution in [3.63, 3.8) is 0 Å². The Balaban J connectivity index is 1.66.